The molecule has 0 amide bonds. The van der Waals surface area contributed by atoms with Crippen LogP contribution in [0, 0.1) is 0 Å². The number of phenols is 1. The van der Waals surface area contributed by atoms with Gasteiger partial charge in [0.25, 0.3) is 0 Å². The van der Waals surface area contributed by atoms with Crippen molar-refractivity contribution in [1.29, 1.82) is 0 Å². The molecule has 0 saturated heterocycles. The van der Waals surface area contributed by atoms with Crippen LogP contribution < -0.4 is 4.74 Å². The topological polar surface area (TPSA) is 45.1 Å². The Morgan fingerprint density at radius 1 is 0.900 bits per heavy atom. The quantitative estimate of drug-likeness (QED) is 0.421. The summed E-state index contributed by atoms with van der Waals surface area (Å²) in [4.78, 5) is 0. The minimum Gasteiger partial charge on any atom is -0.506 e. The lowest BCUT2D eigenvalue weighted by molar-refractivity contribution is -0.0202. The Morgan fingerprint density at radius 3 is 2.30 bits per heavy atom. The molecule has 8 heteroatoms. The molecular formula is C22H14Cl4N2O2. The molecule has 30 heavy (non-hydrogen) atoms. The van der Waals surface area contributed by atoms with Crippen LogP contribution in [-0.4, -0.2) is 15.8 Å². The number of aromatic hydroxyl groups is 1. The second-order valence-electron chi connectivity index (χ2n) is 7.11. The number of benzene rings is 3. The monoisotopic (exact) mass is 478 g/mol. The van der Waals surface area contributed by atoms with Crippen LogP contribution in [0.3, 0.4) is 0 Å². The fourth-order valence-electron chi connectivity index (χ4n) is 3.90. The number of rotatable bonds is 2. The number of hydrogen-bond donors (Lipinski definition) is 1. The largest absolute Gasteiger partial charge is 0.506 e. The molecule has 1 N–H and O–H groups in total. The first-order valence-corrected chi connectivity index (χ1v) is 10.7. The summed E-state index contributed by atoms with van der Waals surface area (Å²) in [6.45, 7) is 0. The lowest BCUT2D eigenvalue weighted by atomic mass is 9.95. The summed E-state index contributed by atoms with van der Waals surface area (Å²) < 4.78 is 6.24. The highest BCUT2D eigenvalue weighted by atomic mass is 35.5. The summed E-state index contributed by atoms with van der Waals surface area (Å²) in [6.07, 6.45) is -0.138. The Labute approximate surface area is 193 Å². The van der Waals surface area contributed by atoms with E-state index in [1.165, 1.54) is 6.07 Å². The highest BCUT2D eigenvalue weighted by Gasteiger charge is 2.43. The summed E-state index contributed by atoms with van der Waals surface area (Å²) in [6, 6.07) is 16.3. The number of halogens is 4. The van der Waals surface area contributed by atoms with Crippen LogP contribution >= 0.6 is 46.4 Å². The van der Waals surface area contributed by atoms with Crippen LogP contribution in [-0.2, 0) is 0 Å². The van der Waals surface area contributed by atoms with Crippen LogP contribution in [0.25, 0.3) is 0 Å². The second kappa shape index (κ2) is 7.54. The number of nitrogens with zero attached hydrogens (tertiary/aromatic N) is 2. The van der Waals surface area contributed by atoms with Crippen molar-refractivity contribution in [3.05, 3.63) is 91.4 Å². The molecule has 0 saturated carbocycles. The first-order chi connectivity index (χ1) is 14.4. The molecule has 2 unspecified atom stereocenters. The molecule has 0 fully saturated rings. The van der Waals surface area contributed by atoms with E-state index in [0.29, 0.717) is 32.8 Å². The van der Waals surface area contributed by atoms with Gasteiger partial charge >= 0.3 is 0 Å². The standard InChI is InChI=1S/C22H14Cl4N2O2/c23-12-6-14-19-10-18(11-4-2-1-3-5-11)27-28(19)22(30-21(14)17(26)9-12)15-7-13(24)8-16(25)20(15)29/h1-9,19,22,29H,10H2. The predicted molar refractivity (Wildman–Crippen MR) is 120 cm³/mol. The zero-order valence-electron chi connectivity index (χ0n) is 15.3. The number of ether oxygens (including phenoxy) is 1. The first-order valence-electron chi connectivity index (χ1n) is 9.17. The van der Waals surface area contributed by atoms with E-state index in [0.717, 1.165) is 16.8 Å². The molecule has 4 nitrogen and oxygen atoms in total. The molecule has 0 aliphatic carbocycles. The van der Waals surface area contributed by atoms with E-state index >= 15 is 0 Å². The third kappa shape index (κ3) is 3.28. The Hall–Kier alpha value is -2.11. The van der Waals surface area contributed by atoms with Crippen molar-refractivity contribution in [3.8, 4) is 11.5 Å². The van der Waals surface area contributed by atoms with E-state index in [1.54, 1.807) is 17.1 Å². The highest BCUT2D eigenvalue weighted by molar-refractivity contribution is 6.36. The van der Waals surface area contributed by atoms with Gasteiger partial charge in [0, 0.05) is 22.0 Å². The predicted octanol–water partition coefficient (Wildman–Crippen LogP) is 7.25. The molecule has 3 aromatic rings. The van der Waals surface area contributed by atoms with Crippen LogP contribution in [0.2, 0.25) is 20.1 Å². The van der Waals surface area contributed by atoms with Gasteiger partial charge in [-0.1, -0.05) is 76.7 Å². The molecule has 2 heterocycles. The molecule has 0 spiro atoms. The number of hydrogen-bond acceptors (Lipinski definition) is 4. The summed E-state index contributed by atoms with van der Waals surface area (Å²) in [7, 11) is 0. The Morgan fingerprint density at radius 2 is 1.57 bits per heavy atom. The van der Waals surface area contributed by atoms with Gasteiger partial charge in [-0.25, -0.2) is 5.01 Å². The SMILES string of the molecule is Oc1c(Cl)cc(Cl)cc1C1Oc2c(Cl)cc(Cl)cc2C2CC(c3ccccc3)=NN21. The second-order valence-corrected chi connectivity index (χ2v) is 8.80. The van der Waals surface area contributed by atoms with Crippen molar-refractivity contribution >= 4 is 52.1 Å². The van der Waals surface area contributed by atoms with Crippen molar-refractivity contribution in [2.75, 3.05) is 0 Å². The zero-order chi connectivity index (χ0) is 21.0. The number of hydrazone groups is 1. The first kappa shape index (κ1) is 19.8. The van der Waals surface area contributed by atoms with Gasteiger partial charge in [0.05, 0.1) is 27.4 Å². The molecule has 2 aliphatic rings. The molecule has 0 aromatic heterocycles. The van der Waals surface area contributed by atoms with Crippen molar-refractivity contribution in [3.63, 3.8) is 0 Å². The smallest absolute Gasteiger partial charge is 0.217 e. The van der Waals surface area contributed by atoms with E-state index in [4.69, 9.17) is 56.2 Å². The molecule has 5 rings (SSSR count). The van der Waals surface area contributed by atoms with Crippen molar-refractivity contribution in [1.82, 2.24) is 5.01 Å². The van der Waals surface area contributed by atoms with Gasteiger partial charge in [0.1, 0.15) is 11.5 Å². The summed E-state index contributed by atoms with van der Waals surface area (Å²) in [5, 5.41) is 18.7. The molecule has 2 atom stereocenters. The van der Waals surface area contributed by atoms with E-state index in [9.17, 15) is 5.11 Å². The molecular weight excluding hydrogens is 466 g/mol. The minimum atomic E-state index is -0.765. The fraction of sp³-hybridized carbons (Fsp3) is 0.136. The van der Waals surface area contributed by atoms with E-state index in [-0.39, 0.29) is 16.8 Å². The van der Waals surface area contributed by atoms with E-state index in [1.807, 2.05) is 36.4 Å². The average Bonchev–Trinajstić information content (AvgIpc) is 3.17. The maximum atomic E-state index is 10.6. The fourth-order valence-corrected chi connectivity index (χ4v) is 4.96. The zero-order valence-corrected chi connectivity index (χ0v) is 18.3. The Bertz CT molecular complexity index is 1180. The van der Waals surface area contributed by atoms with E-state index < -0.39 is 6.23 Å². The third-order valence-corrected chi connectivity index (χ3v) is 6.24. The van der Waals surface area contributed by atoms with Gasteiger partial charge in [0.2, 0.25) is 6.23 Å². The van der Waals surface area contributed by atoms with Crippen molar-refractivity contribution < 1.29 is 9.84 Å². The molecule has 0 bridgehead atoms. The van der Waals surface area contributed by atoms with Gasteiger partial charge in [-0.2, -0.15) is 5.10 Å². The van der Waals surface area contributed by atoms with E-state index in [2.05, 4.69) is 0 Å². The van der Waals surface area contributed by atoms with Crippen LogP contribution in [0.15, 0.2) is 59.7 Å². The molecule has 0 radical (unpaired) electrons. The highest BCUT2D eigenvalue weighted by Crippen LogP contribution is 2.52. The van der Waals surface area contributed by atoms with Gasteiger partial charge in [-0.05, 0) is 29.8 Å². The van der Waals surface area contributed by atoms with Gasteiger partial charge in [0.15, 0.2) is 0 Å². The summed E-state index contributed by atoms with van der Waals surface area (Å²) >= 11 is 25.1. The van der Waals surface area contributed by atoms with Crippen molar-refractivity contribution in [2.45, 2.75) is 18.7 Å². The minimum absolute atomic E-state index is 0.110. The van der Waals surface area contributed by atoms with Crippen LogP contribution in [0.5, 0.6) is 11.5 Å². The normalized spacial score (nSPS) is 19.7. The Balaban J connectivity index is 1.68. The van der Waals surface area contributed by atoms with Crippen molar-refractivity contribution in [2.24, 2.45) is 5.10 Å². The lowest BCUT2D eigenvalue weighted by Gasteiger charge is -2.38. The number of fused-ring (bicyclic) bond motifs is 3. The average molecular weight is 480 g/mol. The molecule has 2 aliphatic heterocycles. The third-order valence-electron chi connectivity index (χ3n) is 5.24. The Kier molecular flexibility index (Phi) is 4.98. The summed E-state index contributed by atoms with van der Waals surface area (Å²) in [5.74, 6) is 0.397. The maximum absolute atomic E-state index is 10.6. The van der Waals surface area contributed by atoms with Gasteiger partial charge < -0.3 is 9.84 Å². The van der Waals surface area contributed by atoms with Crippen LogP contribution in [0.4, 0.5) is 0 Å². The summed E-state index contributed by atoms with van der Waals surface area (Å²) in [5.41, 5.74) is 3.15. The maximum Gasteiger partial charge on any atom is 0.217 e. The molecule has 152 valence electrons. The van der Waals surface area contributed by atoms with Gasteiger partial charge in [-0.15, -0.1) is 0 Å². The number of phenolic OH excluding ortho intramolecular Hbond substituents is 1. The lowest BCUT2D eigenvalue weighted by Crippen LogP contribution is -2.34. The molecule has 3 aromatic carbocycles. The van der Waals surface area contributed by atoms with Crippen LogP contribution in [0.1, 0.15) is 35.4 Å². The van der Waals surface area contributed by atoms with Gasteiger partial charge in [-0.3, -0.25) is 0 Å².